The number of anilines is 2. The topological polar surface area (TPSA) is 68.8 Å². The van der Waals surface area contributed by atoms with Gasteiger partial charge in [-0.2, -0.15) is 0 Å². The van der Waals surface area contributed by atoms with E-state index in [9.17, 15) is 4.79 Å². The summed E-state index contributed by atoms with van der Waals surface area (Å²) in [6.45, 7) is 6.01. The second-order valence-corrected chi connectivity index (χ2v) is 8.68. The maximum Gasteiger partial charge on any atom is 0.225 e. The van der Waals surface area contributed by atoms with Crippen molar-refractivity contribution < 1.29 is 4.79 Å². The van der Waals surface area contributed by atoms with Gasteiger partial charge >= 0.3 is 0 Å². The Labute approximate surface area is 185 Å². The van der Waals surface area contributed by atoms with E-state index in [4.69, 9.17) is 0 Å². The number of amides is 1. The number of hydrogen-bond donors (Lipinski definition) is 3. The van der Waals surface area contributed by atoms with Crippen LogP contribution in [-0.4, -0.2) is 38.5 Å². The van der Waals surface area contributed by atoms with Gasteiger partial charge in [-0.25, -0.2) is 0 Å². The molecule has 164 valence electrons. The van der Waals surface area contributed by atoms with Crippen molar-refractivity contribution in [1.82, 2.24) is 10.6 Å². The summed E-state index contributed by atoms with van der Waals surface area (Å²) in [6.07, 6.45) is 3.04. The third-order valence-electron chi connectivity index (χ3n) is 6.39. The molecular formula is C25H33N5O. The molecule has 2 aromatic carbocycles. The third-order valence-corrected chi connectivity index (χ3v) is 6.39. The highest BCUT2D eigenvalue weighted by Crippen LogP contribution is 2.31. The van der Waals surface area contributed by atoms with Gasteiger partial charge in [-0.3, -0.25) is 9.79 Å². The van der Waals surface area contributed by atoms with Crippen LogP contribution in [0.3, 0.4) is 0 Å². The number of aliphatic imine (C=N–C) groups is 1. The van der Waals surface area contributed by atoms with Crippen molar-refractivity contribution in [2.24, 2.45) is 10.9 Å². The largest absolute Gasteiger partial charge is 0.372 e. The van der Waals surface area contributed by atoms with E-state index < -0.39 is 0 Å². The predicted octanol–water partition coefficient (Wildman–Crippen LogP) is 3.71. The van der Waals surface area contributed by atoms with Crippen LogP contribution in [0.15, 0.2) is 53.5 Å². The first-order valence-corrected chi connectivity index (χ1v) is 11.3. The van der Waals surface area contributed by atoms with Gasteiger partial charge in [0, 0.05) is 56.9 Å². The van der Waals surface area contributed by atoms with Gasteiger partial charge < -0.3 is 20.9 Å². The number of hydrogen-bond acceptors (Lipinski definition) is 3. The number of rotatable bonds is 5. The molecule has 0 bridgehead atoms. The molecule has 0 aromatic heterocycles. The Kier molecular flexibility index (Phi) is 6.75. The molecule has 4 rings (SSSR count). The standard InChI is InChI=1S/C25H33N5O/c1-18-11-13-30(14-12-18)21-9-7-19(8-10-21)16-27-25(26-2)28-17-20-15-24(31)29-23-6-4-3-5-22(20)23/h3-10,18,20H,11-17H2,1-2H3,(H,29,31)(H2,26,27,28). The second kappa shape index (κ2) is 9.86. The highest BCUT2D eigenvalue weighted by molar-refractivity contribution is 5.94. The van der Waals surface area contributed by atoms with E-state index in [1.165, 1.54) is 29.7 Å². The van der Waals surface area contributed by atoms with Crippen LogP contribution < -0.4 is 20.9 Å². The first-order valence-electron chi connectivity index (χ1n) is 11.3. The SMILES string of the molecule is CN=C(NCc1ccc(N2CCC(C)CC2)cc1)NCC1CC(=O)Nc2ccccc21. The van der Waals surface area contributed by atoms with E-state index in [0.29, 0.717) is 19.5 Å². The normalized spacial score (nSPS) is 19.5. The number of benzene rings is 2. The Bertz CT molecular complexity index is 916. The molecule has 3 N–H and O–H groups in total. The minimum Gasteiger partial charge on any atom is -0.372 e. The number of piperidine rings is 1. The molecule has 2 heterocycles. The summed E-state index contributed by atoms with van der Waals surface area (Å²) in [7, 11) is 1.78. The minimum absolute atomic E-state index is 0.0664. The average Bonchev–Trinajstić information content (AvgIpc) is 2.80. The smallest absolute Gasteiger partial charge is 0.225 e. The van der Waals surface area contributed by atoms with Crippen molar-refractivity contribution in [2.45, 2.75) is 38.6 Å². The zero-order valence-corrected chi connectivity index (χ0v) is 18.5. The maximum atomic E-state index is 12.0. The second-order valence-electron chi connectivity index (χ2n) is 8.68. The van der Waals surface area contributed by atoms with Crippen molar-refractivity contribution in [3.63, 3.8) is 0 Å². The number of carbonyl (C=O) groups is 1. The van der Waals surface area contributed by atoms with Crippen molar-refractivity contribution in [2.75, 3.05) is 36.9 Å². The highest BCUT2D eigenvalue weighted by Gasteiger charge is 2.24. The van der Waals surface area contributed by atoms with Crippen molar-refractivity contribution in [3.05, 3.63) is 59.7 Å². The summed E-state index contributed by atoms with van der Waals surface area (Å²) in [5.74, 6) is 1.79. The van der Waals surface area contributed by atoms with Gasteiger partial charge in [-0.15, -0.1) is 0 Å². The molecule has 1 fully saturated rings. The Morgan fingerprint density at radius 1 is 1.10 bits per heavy atom. The molecule has 0 radical (unpaired) electrons. The fourth-order valence-corrected chi connectivity index (χ4v) is 4.40. The van der Waals surface area contributed by atoms with E-state index >= 15 is 0 Å². The van der Waals surface area contributed by atoms with Crippen LogP contribution in [0, 0.1) is 5.92 Å². The molecule has 0 saturated carbocycles. The Balaban J connectivity index is 1.29. The number of carbonyl (C=O) groups excluding carboxylic acids is 1. The molecule has 1 atom stereocenters. The molecule has 0 spiro atoms. The fourth-order valence-electron chi connectivity index (χ4n) is 4.40. The first-order chi connectivity index (χ1) is 15.1. The van der Waals surface area contributed by atoms with Crippen LogP contribution in [0.25, 0.3) is 0 Å². The molecule has 2 aliphatic rings. The number of nitrogens with one attached hydrogen (secondary N) is 3. The van der Waals surface area contributed by atoms with Gasteiger partial charge in [0.15, 0.2) is 5.96 Å². The van der Waals surface area contributed by atoms with Crippen LogP contribution in [0.2, 0.25) is 0 Å². The Morgan fingerprint density at radius 3 is 2.58 bits per heavy atom. The monoisotopic (exact) mass is 419 g/mol. The zero-order valence-electron chi connectivity index (χ0n) is 18.5. The summed E-state index contributed by atoms with van der Waals surface area (Å²) in [4.78, 5) is 18.9. The Hall–Kier alpha value is -3.02. The summed E-state index contributed by atoms with van der Waals surface area (Å²) in [6, 6.07) is 16.8. The molecular weight excluding hydrogens is 386 g/mol. The lowest BCUT2D eigenvalue weighted by Crippen LogP contribution is -2.40. The average molecular weight is 420 g/mol. The van der Waals surface area contributed by atoms with Crippen LogP contribution in [-0.2, 0) is 11.3 Å². The van der Waals surface area contributed by atoms with E-state index in [1.807, 2.05) is 18.2 Å². The van der Waals surface area contributed by atoms with E-state index in [2.05, 4.69) is 63.1 Å². The lowest BCUT2D eigenvalue weighted by molar-refractivity contribution is -0.116. The van der Waals surface area contributed by atoms with Crippen molar-refractivity contribution in [3.8, 4) is 0 Å². The summed E-state index contributed by atoms with van der Waals surface area (Å²) < 4.78 is 0. The molecule has 2 aromatic rings. The molecule has 0 aliphatic carbocycles. The molecule has 31 heavy (non-hydrogen) atoms. The van der Waals surface area contributed by atoms with Gasteiger partial charge in [-0.05, 0) is 48.1 Å². The number of para-hydroxylation sites is 1. The third kappa shape index (κ3) is 5.37. The van der Waals surface area contributed by atoms with Gasteiger partial charge in [0.25, 0.3) is 0 Å². The van der Waals surface area contributed by atoms with E-state index in [1.54, 1.807) is 7.05 Å². The predicted molar refractivity (Wildman–Crippen MR) is 128 cm³/mol. The van der Waals surface area contributed by atoms with Gasteiger partial charge in [0.2, 0.25) is 5.91 Å². The minimum atomic E-state index is 0.0664. The highest BCUT2D eigenvalue weighted by atomic mass is 16.1. The molecule has 6 heteroatoms. The lowest BCUT2D eigenvalue weighted by Gasteiger charge is -2.32. The van der Waals surface area contributed by atoms with Gasteiger partial charge in [0.05, 0.1) is 0 Å². The molecule has 1 unspecified atom stereocenters. The molecule has 2 aliphatic heterocycles. The van der Waals surface area contributed by atoms with Gasteiger partial charge in [-0.1, -0.05) is 37.3 Å². The lowest BCUT2D eigenvalue weighted by atomic mass is 9.90. The van der Waals surface area contributed by atoms with Crippen LogP contribution in [0.1, 0.15) is 43.2 Å². The summed E-state index contributed by atoms with van der Waals surface area (Å²) in [5.41, 5.74) is 4.62. The quantitative estimate of drug-likeness (QED) is 0.510. The van der Waals surface area contributed by atoms with Crippen molar-refractivity contribution >= 4 is 23.2 Å². The first kappa shape index (κ1) is 21.2. The molecule has 1 amide bonds. The van der Waals surface area contributed by atoms with Crippen LogP contribution in [0.4, 0.5) is 11.4 Å². The van der Waals surface area contributed by atoms with Crippen LogP contribution >= 0.6 is 0 Å². The van der Waals surface area contributed by atoms with Gasteiger partial charge in [0.1, 0.15) is 0 Å². The molecule has 6 nitrogen and oxygen atoms in total. The fraction of sp³-hybridized carbons (Fsp3) is 0.440. The zero-order chi connectivity index (χ0) is 21.6. The molecule has 1 saturated heterocycles. The summed E-state index contributed by atoms with van der Waals surface area (Å²) >= 11 is 0. The van der Waals surface area contributed by atoms with E-state index in [0.717, 1.165) is 30.7 Å². The van der Waals surface area contributed by atoms with Crippen LogP contribution in [0.5, 0.6) is 0 Å². The number of fused-ring (bicyclic) bond motifs is 1. The number of guanidine groups is 1. The van der Waals surface area contributed by atoms with Crippen molar-refractivity contribution in [1.29, 1.82) is 0 Å². The Morgan fingerprint density at radius 2 is 1.84 bits per heavy atom. The number of nitrogens with zero attached hydrogens (tertiary/aromatic N) is 2. The maximum absolute atomic E-state index is 12.0. The van der Waals surface area contributed by atoms with E-state index in [-0.39, 0.29) is 11.8 Å². The summed E-state index contributed by atoms with van der Waals surface area (Å²) in [5, 5.41) is 9.73.